The molecular weight excluding hydrogens is 450 g/mol. The number of rotatable bonds is 5. The predicted molar refractivity (Wildman–Crippen MR) is 136 cm³/mol. The van der Waals surface area contributed by atoms with E-state index in [1.807, 2.05) is 64.1 Å². The minimum atomic E-state index is -1.21. The van der Waals surface area contributed by atoms with Crippen molar-refractivity contribution in [2.24, 2.45) is 0 Å². The minimum Gasteiger partial charge on any atom is -0.479 e. The van der Waals surface area contributed by atoms with Gasteiger partial charge in [-0.05, 0) is 84.5 Å². The molecule has 1 heterocycles. The number of pyridine rings is 1. The first kappa shape index (κ1) is 23.7. The van der Waals surface area contributed by atoms with Crippen molar-refractivity contribution in [1.82, 2.24) is 4.98 Å². The average Bonchev–Trinajstić information content (AvgIpc) is 2.78. The number of fused-ring (bicyclic) bond motifs is 1. The number of halogens is 1. The third kappa shape index (κ3) is 4.63. The van der Waals surface area contributed by atoms with Crippen LogP contribution in [0.5, 0.6) is 0 Å². The maximum Gasteiger partial charge on any atom is 0.337 e. The van der Waals surface area contributed by atoms with Gasteiger partial charge >= 0.3 is 5.97 Å². The molecule has 174 valence electrons. The molecule has 4 aromatic rings. The van der Waals surface area contributed by atoms with Crippen molar-refractivity contribution in [1.29, 1.82) is 0 Å². The van der Waals surface area contributed by atoms with Crippen LogP contribution in [0.25, 0.3) is 33.0 Å². The molecule has 3 aromatic carbocycles. The summed E-state index contributed by atoms with van der Waals surface area (Å²) in [6.07, 6.45) is 0.445. The lowest BCUT2D eigenvalue weighted by Crippen LogP contribution is -2.28. The van der Waals surface area contributed by atoms with Gasteiger partial charge in [-0.3, -0.25) is 4.79 Å². The Morgan fingerprint density at radius 3 is 2.06 bits per heavy atom. The van der Waals surface area contributed by atoms with Gasteiger partial charge in [0.1, 0.15) is 0 Å². The van der Waals surface area contributed by atoms with Gasteiger partial charge in [0.05, 0.1) is 5.60 Å². The molecule has 0 aliphatic rings. The lowest BCUT2D eigenvalue weighted by atomic mass is 9.82. The first-order chi connectivity index (χ1) is 16.1. The number of hydrogen-bond donors (Lipinski definition) is 2. The Morgan fingerprint density at radius 2 is 1.53 bits per heavy atom. The van der Waals surface area contributed by atoms with Gasteiger partial charge in [-0.2, -0.15) is 0 Å². The normalized spacial score (nSPS) is 12.6. The minimum absolute atomic E-state index is 0.205. The van der Waals surface area contributed by atoms with E-state index in [4.69, 9.17) is 16.3 Å². The highest BCUT2D eigenvalue weighted by atomic mass is 35.5. The largest absolute Gasteiger partial charge is 0.479 e. The van der Waals surface area contributed by atoms with Crippen LogP contribution in [0.3, 0.4) is 0 Å². The molecule has 6 heteroatoms. The number of carboxylic acids is 1. The van der Waals surface area contributed by atoms with Gasteiger partial charge in [0, 0.05) is 22.8 Å². The maximum atomic E-state index is 12.6. The number of nitrogens with one attached hydrogen (secondary N) is 1. The van der Waals surface area contributed by atoms with Crippen molar-refractivity contribution in [3.8, 4) is 22.3 Å². The second-order valence-corrected chi connectivity index (χ2v) is 9.67. The number of aliphatic carboxylic acids is 1. The molecule has 1 atom stereocenters. The van der Waals surface area contributed by atoms with Crippen LogP contribution in [-0.4, -0.2) is 21.7 Å². The molecule has 0 amide bonds. The molecule has 0 aliphatic heterocycles. The SMILES string of the molecule is Cc1c(C(OC(C)(C)C)C(=O)O)c(-c2ccc(Cl)cc2)c2ccccc2c1-c1ccc(=O)[nH]c1. The molecule has 0 radical (unpaired) electrons. The third-order valence-corrected chi connectivity index (χ3v) is 5.93. The van der Waals surface area contributed by atoms with Gasteiger partial charge in [-0.25, -0.2) is 4.79 Å². The fraction of sp³-hybridized carbons (Fsp3) is 0.214. The Bertz CT molecular complexity index is 1410. The molecule has 34 heavy (non-hydrogen) atoms. The lowest BCUT2D eigenvalue weighted by molar-refractivity contribution is -0.160. The van der Waals surface area contributed by atoms with Crippen molar-refractivity contribution in [2.45, 2.75) is 39.4 Å². The van der Waals surface area contributed by atoms with Crippen molar-refractivity contribution >= 4 is 28.3 Å². The van der Waals surface area contributed by atoms with Crippen LogP contribution in [-0.2, 0) is 9.53 Å². The summed E-state index contributed by atoms with van der Waals surface area (Å²) < 4.78 is 6.13. The topological polar surface area (TPSA) is 79.4 Å². The molecule has 0 bridgehead atoms. The first-order valence-electron chi connectivity index (χ1n) is 11.0. The molecule has 5 nitrogen and oxygen atoms in total. The predicted octanol–water partition coefficient (Wildman–Crippen LogP) is 6.76. The van der Waals surface area contributed by atoms with E-state index < -0.39 is 17.7 Å². The highest BCUT2D eigenvalue weighted by molar-refractivity contribution is 6.30. The van der Waals surface area contributed by atoms with Crippen LogP contribution in [0.2, 0.25) is 5.02 Å². The Morgan fingerprint density at radius 1 is 0.941 bits per heavy atom. The molecule has 1 aromatic heterocycles. The summed E-state index contributed by atoms with van der Waals surface area (Å²) in [6.45, 7) is 7.42. The van der Waals surface area contributed by atoms with E-state index in [-0.39, 0.29) is 5.56 Å². The summed E-state index contributed by atoms with van der Waals surface area (Å²) >= 11 is 6.16. The lowest BCUT2D eigenvalue weighted by Gasteiger charge is -2.30. The van der Waals surface area contributed by atoms with Crippen molar-refractivity contribution in [3.05, 3.63) is 93.4 Å². The van der Waals surface area contributed by atoms with Gasteiger partial charge in [0.2, 0.25) is 5.56 Å². The third-order valence-electron chi connectivity index (χ3n) is 5.68. The smallest absolute Gasteiger partial charge is 0.337 e. The summed E-state index contributed by atoms with van der Waals surface area (Å²) in [5.41, 5.74) is 3.71. The number of carboxylic acid groups (broad SMARTS) is 1. The highest BCUT2D eigenvalue weighted by Crippen LogP contribution is 2.45. The molecule has 4 rings (SSSR count). The molecule has 0 aliphatic carbocycles. The van der Waals surface area contributed by atoms with Gasteiger partial charge < -0.3 is 14.8 Å². The summed E-state index contributed by atoms with van der Waals surface area (Å²) in [6, 6.07) is 18.4. The summed E-state index contributed by atoms with van der Waals surface area (Å²) in [5, 5.41) is 12.7. The molecule has 0 spiro atoms. The second-order valence-electron chi connectivity index (χ2n) is 9.23. The van der Waals surface area contributed by atoms with Crippen LogP contribution in [0, 0.1) is 6.92 Å². The molecule has 0 saturated heterocycles. The summed E-state index contributed by atoms with van der Waals surface area (Å²) in [7, 11) is 0. The quantitative estimate of drug-likeness (QED) is 0.334. The van der Waals surface area contributed by atoms with E-state index in [2.05, 4.69) is 4.98 Å². The monoisotopic (exact) mass is 475 g/mol. The Kier molecular flexibility index (Phi) is 6.34. The zero-order valence-corrected chi connectivity index (χ0v) is 20.2. The zero-order chi connectivity index (χ0) is 24.6. The van der Waals surface area contributed by atoms with Crippen molar-refractivity contribution in [2.75, 3.05) is 0 Å². The van der Waals surface area contributed by atoms with Crippen LogP contribution < -0.4 is 5.56 Å². The fourth-order valence-electron chi connectivity index (χ4n) is 4.37. The number of benzene rings is 3. The van der Waals surface area contributed by atoms with E-state index in [1.165, 1.54) is 6.07 Å². The maximum absolute atomic E-state index is 12.6. The van der Waals surface area contributed by atoms with Crippen LogP contribution >= 0.6 is 11.6 Å². The number of ether oxygens (including phenoxy) is 1. The van der Waals surface area contributed by atoms with E-state index in [1.54, 1.807) is 24.4 Å². The fourth-order valence-corrected chi connectivity index (χ4v) is 4.49. The average molecular weight is 476 g/mol. The van der Waals surface area contributed by atoms with Crippen LogP contribution in [0.1, 0.15) is 38.0 Å². The van der Waals surface area contributed by atoms with Gasteiger partial charge in [0.25, 0.3) is 0 Å². The molecular formula is C28H26ClNO4. The number of aromatic nitrogens is 1. The van der Waals surface area contributed by atoms with E-state index in [0.717, 1.165) is 38.6 Å². The first-order valence-corrected chi connectivity index (χ1v) is 11.4. The van der Waals surface area contributed by atoms with Crippen molar-refractivity contribution in [3.63, 3.8) is 0 Å². The van der Waals surface area contributed by atoms with Gasteiger partial charge in [-0.15, -0.1) is 0 Å². The summed E-state index contributed by atoms with van der Waals surface area (Å²) in [4.78, 5) is 27.1. The zero-order valence-electron chi connectivity index (χ0n) is 19.5. The molecule has 1 unspecified atom stereocenters. The number of hydrogen-bond acceptors (Lipinski definition) is 3. The molecule has 2 N–H and O–H groups in total. The van der Waals surface area contributed by atoms with Gasteiger partial charge in [0.15, 0.2) is 6.10 Å². The van der Waals surface area contributed by atoms with Crippen LogP contribution in [0.15, 0.2) is 71.7 Å². The second kappa shape index (κ2) is 9.09. The standard InChI is InChI=1S/C28H26ClNO4/c1-16-23(18-11-14-22(31)30-15-18)20-7-5-6-8-21(20)25(17-9-12-19(29)13-10-17)24(16)26(27(32)33)34-28(2,3)4/h5-15,26H,1-4H3,(H,30,31)(H,32,33). The highest BCUT2D eigenvalue weighted by Gasteiger charge is 2.33. The Hall–Kier alpha value is -3.41. The van der Waals surface area contributed by atoms with E-state index in [9.17, 15) is 14.7 Å². The van der Waals surface area contributed by atoms with E-state index in [0.29, 0.717) is 10.6 Å². The summed E-state index contributed by atoms with van der Waals surface area (Å²) in [5.74, 6) is -1.07. The van der Waals surface area contributed by atoms with Crippen molar-refractivity contribution < 1.29 is 14.6 Å². The van der Waals surface area contributed by atoms with Crippen LogP contribution in [0.4, 0.5) is 0 Å². The number of aromatic amines is 1. The Labute approximate surface area is 203 Å². The molecule has 0 fully saturated rings. The number of carbonyl (C=O) groups is 1. The Balaban J connectivity index is 2.18. The van der Waals surface area contributed by atoms with E-state index >= 15 is 0 Å². The molecule has 0 saturated carbocycles. The van der Waals surface area contributed by atoms with Gasteiger partial charge in [-0.1, -0.05) is 48.0 Å². The number of H-pyrrole nitrogens is 1.